The standard InChI is InChI=1S/C8H16N.C4H9N.C3H8N.CH3.Ta/c1-9-7-6-8-4-2-3-5-8;1-4(2,3)5;1-3-4-2;;/h8H,2-7H2,1H3;1-3H3;3H2,1-2H3;1H3;/q-1;;2*-1;. The fraction of sp³-hybridized carbons (Fsp3) is 0.938. The maximum Gasteiger partial charge on any atom is -0.0431 e. The van der Waals surface area contributed by atoms with E-state index in [1.807, 2.05) is 14.0 Å². The molecular weight excluding hydrogens is 415 g/mol. The fourth-order valence-corrected chi connectivity index (χ4v) is 1.61. The van der Waals surface area contributed by atoms with Crippen LogP contribution in [0.5, 0.6) is 0 Å². The Morgan fingerprint density at radius 1 is 1.10 bits per heavy atom. The van der Waals surface area contributed by atoms with E-state index in [4.69, 9.17) is 0 Å². The van der Waals surface area contributed by atoms with Crippen LogP contribution < -0.4 is 0 Å². The SMILES string of the molecule is CC(C)(C)[N]=[Ta].CC[N-]C.C[N-]CCC1CCCC1.[CH3-]. The molecule has 0 radical (unpaired) electrons. The summed E-state index contributed by atoms with van der Waals surface area (Å²) in [6, 6.07) is 0. The molecule has 123 valence electrons. The average Bonchev–Trinajstić information content (AvgIpc) is 2.89. The van der Waals surface area contributed by atoms with Crippen LogP contribution in [0, 0.1) is 13.3 Å². The number of hydrogen-bond donors (Lipinski definition) is 0. The van der Waals surface area contributed by atoms with Crippen LogP contribution in [-0.4, -0.2) is 32.7 Å². The van der Waals surface area contributed by atoms with E-state index in [2.05, 4.69) is 34.7 Å². The molecule has 1 rings (SSSR count). The van der Waals surface area contributed by atoms with E-state index in [0.717, 1.165) is 39.9 Å². The van der Waals surface area contributed by atoms with Gasteiger partial charge in [0.2, 0.25) is 0 Å². The van der Waals surface area contributed by atoms with Crippen LogP contribution in [0.25, 0.3) is 10.6 Å². The van der Waals surface area contributed by atoms with Crippen molar-refractivity contribution in [3.8, 4) is 0 Å². The third-order valence-electron chi connectivity index (χ3n) is 2.85. The Morgan fingerprint density at radius 2 is 1.50 bits per heavy atom. The fourth-order valence-electron chi connectivity index (χ4n) is 1.61. The zero-order valence-corrected chi connectivity index (χ0v) is 18.0. The van der Waals surface area contributed by atoms with Gasteiger partial charge >= 0.3 is 50.5 Å². The first-order valence-electron chi connectivity index (χ1n) is 7.38. The minimum Gasteiger partial charge on any atom is -0.665 e. The van der Waals surface area contributed by atoms with E-state index in [-0.39, 0.29) is 13.0 Å². The van der Waals surface area contributed by atoms with Crippen LogP contribution >= 0.6 is 0 Å². The summed E-state index contributed by atoms with van der Waals surface area (Å²) < 4.78 is 4.13. The van der Waals surface area contributed by atoms with Gasteiger partial charge in [-0.05, 0) is 5.92 Å². The Balaban J connectivity index is -0.000000232. The Labute approximate surface area is 140 Å². The van der Waals surface area contributed by atoms with Crippen molar-refractivity contribution < 1.29 is 20.9 Å². The van der Waals surface area contributed by atoms with Crippen LogP contribution in [0.15, 0.2) is 3.34 Å². The Hall–Kier alpha value is 0.460. The second-order valence-corrected chi connectivity index (χ2v) is 6.60. The third-order valence-corrected chi connectivity index (χ3v) is 5.01. The predicted octanol–water partition coefficient (Wildman–Crippen LogP) is 5.55. The topological polar surface area (TPSA) is 40.6 Å². The van der Waals surface area contributed by atoms with E-state index in [0.29, 0.717) is 0 Å². The van der Waals surface area contributed by atoms with Crippen molar-refractivity contribution in [2.24, 2.45) is 9.26 Å². The van der Waals surface area contributed by atoms with Gasteiger partial charge in [0.15, 0.2) is 0 Å². The van der Waals surface area contributed by atoms with Crippen LogP contribution in [0.4, 0.5) is 0 Å². The van der Waals surface area contributed by atoms with Crippen LogP contribution in [-0.2, 0) is 20.9 Å². The van der Waals surface area contributed by atoms with Crippen molar-refractivity contribution in [1.82, 2.24) is 0 Å². The molecule has 1 aliphatic carbocycles. The molecule has 3 nitrogen and oxygen atoms in total. The normalized spacial score (nSPS) is 14.2. The van der Waals surface area contributed by atoms with Gasteiger partial charge < -0.3 is 18.1 Å². The van der Waals surface area contributed by atoms with Gasteiger partial charge in [-0.1, -0.05) is 39.0 Å². The minimum atomic E-state index is 0. The molecule has 0 spiro atoms. The van der Waals surface area contributed by atoms with Crippen molar-refractivity contribution in [1.29, 1.82) is 0 Å². The molecule has 0 aromatic carbocycles. The summed E-state index contributed by atoms with van der Waals surface area (Å²) in [6.07, 6.45) is 7.21. The van der Waals surface area contributed by atoms with Crippen LogP contribution in [0.1, 0.15) is 59.8 Å². The minimum absolute atomic E-state index is 0. The molecule has 0 aliphatic heterocycles. The first-order chi connectivity index (χ1) is 8.91. The molecule has 0 saturated heterocycles. The monoisotopic (exact) mass is 451 g/mol. The molecule has 0 aromatic heterocycles. The van der Waals surface area contributed by atoms with Gasteiger partial charge in [-0.3, -0.25) is 0 Å². The summed E-state index contributed by atoms with van der Waals surface area (Å²) in [6.45, 7) is 10.4. The summed E-state index contributed by atoms with van der Waals surface area (Å²) in [7, 11) is 3.72. The maximum absolute atomic E-state index is 4.13. The Kier molecular flexibility index (Phi) is 22.3. The van der Waals surface area contributed by atoms with E-state index >= 15 is 0 Å². The van der Waals surface area contributed by atoms with E-state index in [1.165, 1.54) is 32.1 Å². The smallest absolute Gasteiger partial charge is 0.0431 e. The van der Waals surface area contributed by atoms with Gasteiger partial charge in [0.05, 0.1) is 0 Å². The predicted molar refractivity (Wildman–Crippen MR) is 89.1 cm³/mol. The van der Waals surface area contributed by atoms with Crippen molar-refractivity contribution >= 4 is 0 Å². The van der Waals surface area contributed by atoms with Crippen molar-refractivity contribution in [3.05, 3.63) is 18.1 Å². The molecule has 4 heteroatoms. The van der Waals surface area contributed by atoms with Crippen molar-refractivity contribution in [3.63, 3.8) is 0 Å². The molecule has 0 heterocycles. The Bertz CT molecular complexity index is 183. The molecule has 20 heavy (non-hydrogen) atoms. The Morgan fingerprint density at radius 3 is 1.75 bits per heavy atom. The molecule has 0 amide bonds. The zero-order chi connectivity index (χ0) is 15.1. The number of hydrogen-bond acceptors (Lipinski definition) is 1. The summed E-state index contributed by atoms with van der Waals surface area (Å²) in [4.78, 5) is 0. The second kappa shape index (κ2) is 17.5. The van der Waals surface area contributed by atoms with E-state index in [9.17, 15) is 0 Å². The van der Waals surface area contributed by atoms with E-state index in [1.54, 1.807) is 7.05 Å². The molecule has 0 N–H and O–H groups in total. The molecule has 0 atom stereocenters. The molecule has 1 aliphatic rings. The van der Waals surface area contributed by atoms with Gasteiger partial charge in [0, 0.05) is 0 Å². The maximum atomic E-state index is 4.13. The van der Waals surface area contributed by atoms with Gasteiger partial charge in [-0.2, -0.15) is 20.6 Å². The first kappa shape index (κ1) is 25.4. The average molecular weight is 451 g/mol. The number of nitrogens with zero attached hydrogens (tertiary/aromatic N) is 3. The van der Waals surface area contributed by atoms with Crippen molar-refractivity contribution in [2.45, 2.75) is 65.3 Å². The van der Waals surface area contributed by atoms with Crippen LogP contribution in [0.3, 0.4) is 0 Å². The van der Waals surface area contributed by atoms with Crippen LogP contribution in [0.2, 0.25) is 0 Å². The zero-order valence-electron chi connectivity index (χ0n) is 14.8. The number of rotatable bonds is 4. The molecule has 0 aromatic rings. The molecule has 0 unspecified atom stereocenters. The first-order valence-corrected chi connectivity index (χ1v) is 8.82. The summed E-state index contributed by atoms with van der Waals surface area (Å²) in [5.41, 5.74) is 0.216. The summed E-state index contributed by atoms with van der Waals surface area (Å²) in [5.74, 6) is 1.02. The third kappa shape index (κ3) is 23.5. The van der Waals surface area contributed by atoms with Gasteiger partial charge in [0.25, 0.3) is 0 Å². The van der Waals surface area contributed by atoms with Gasteiger partial charge in [-0.15, -0.1) is 6.54 Å². The molecular formula is C16H36N3Ta-3. The van der Waals surface area contributed by atoms with Gasteiger partial charge in [0.1, 0.15) is 0 Å². The molecule has 1 saturated carbocycles. The summed E-state index contributed by atoms with van der Waals surface area (Å²) >= 11 is 1.15. The largest absolute Gasteiger partial charge is 0.665 e. The van der Waals surface area contributed by atoms with Crippen molar-refractivity contribution in [2.75, 3.05) is 27.2 Å². The van der Waals surface area contributed by atoms with Gasteiger partial charge in [-0.25, -0.2) is 0 Å². The quantitative estimate of drug-likeness (QED) is 0.504. The molecule has 1 fully saturated rings. The molecule has 0 bridgehead atoms. The summed E-state index contributed by atoms with van der Waals surface area (Å²) in [5, 5.41) is 7.84. The van der Waals surface area contributed by atoms with E-state index < -0.39 is 0 Å². The second-order valence-electron chi connectivity index (χ2n) is 5.88.